The smallest absolute Gasteiger partial charge is 0.0206 e. The van der Waals surface area contributed by atoms with Gasteiger partial charge in [0.05, 0.1) is 0 Å². The summed E-state index contributed by atoms with van der Waals surface area (Å²) in [6.45, 7) is 3.85. The summed E-state index contributed by atoms with van der Waals surface area (Å²) >= 11 is 0. The van der Waals surface area contributed by atoms with Crippen molar-refractivity contribution in [2.45, 2.75) is 13.1 Å². The number of hydrogen-bond acceptors (Lipinski definition) is 2. The molecule has 98 valence electrons. The molecule has 2 aromatic rings. The van der Waals surface area contributed by atoms with Gasteiger partial charge in [-0.25, -0.2) is 0 Å². The first-order chi connectivity index (χ1) is 8.95. The van der Waals surface area contributed by atoms with Crippen LogP contribution in [0, 0.1) is 0 Å². The molecule has 0 fully saturated rings. The van der Waals surface area contributed by atoms with Gasteiger partial charge in [0.25, 0.3) is 0 Å². The maximum atomic E-state index is 3.43. The maximum Gasteiger partial charge on any atom is 0.0206 e. The van der Waals surface area contributed by atoms with Crippen LogP contribution in [0.3, 0.4) is 0 Å². The number of benzene rings is 2. The van der Waals surface area contributed by atoms with E-state index in [2.05, 4.69) is 59.2 Å². The molecule has 2 nitrogen and oxygen atoms in total. The largest absolute Gasteiger partial charge is 0.311 e. The topological polar surface area (TPSA) is 24.1 Å². The van der Waals surface area contributed by atoms with E-state index in [1.807, 2.05) is 12.1 Å². The maximum absolute atomic E-state index is 3.43. The summed E-state index contributed by atoms with van der Waals surface area (Å²) in [7, 11) is 0. The fourth-order valence-corrected chi connectivity index (χ4v) is 1.83. The molecule has 0 amide bonds. The minimum absolute atomic E-state index is 0. The van der Waals surface area contributed by atoms with E-state index in [4.69, 9.17) is 0 Å². The van der Waals surface area contributed by atoms with E-state index >= 15 is 0 Å². The van der Waals surface area contributed by atoms with E-state index in [-0.39, 0.29) is 37.7 Å². The Balaban J connectivity index is 0.00000180. The average molecular weight is 282 g/mol. The van der Waals surface area contributed by atoms with E-state index in [1.165, 1.54) is 11.1 Å². The van der Waals surface area contributed by atoms with Crippen molar-refractivity contribution >= 4 is 37.7 Å². The van der Waals surface area contributed by atoms with Crippen LogP contribution < -0.4 is 10.6 Å². The Morgan fingerprint density at radius 1 is 0.579 bits per heavy atom. The van der Waals surface area contributed by atoms with Gasteiger partial charge in [-0.15, -0.1) is 0 Å². The molecule has 0 aliphatic heterocycles. The first-order valence-corrected chi connectivity index (χ1v) is 6.44. The molecule has 0 aliphatic carbocycles. The molecule has 0 unspecified atom stereocenters. The van der Waals surface area contributed by atoms with Gasteiger partial charge in [-0.05, 0) is 11.1 Å². The van der Waals surface area contributed by atoms with Gasteiger partial charge in [-0.1, -0.05) is 60.7 Å². The standard InChI is InChI=1S/C16H20N2.Ca.2H/c1-3-7-15(8-4-1)13-17-11-12-18-14-16-9-5-2-6-10-16;;;/h1-10,17-18H,11-14H2;;;. The van der Waals surface area contributed by atoms with Crippen LogP contribution in [0.2, 0.25) is 0 Å². The van der Waals surface area contributed by atoms with Crippen LogP contribution in [0.15, 0.2) is 60.7 Å². The Morgan fingerprint density at radius 3 is 1.32 bits per heavy atom. The molecule has 0 bridgehead atoms. The second-order valence-electron chi connectivity index (χ2n) is 4.32. The minimum atomic E-state index is 0. The van der Waals surface area contributed by atoms with Crippen molar-refractivity contribution in [3.63, 3.8) is 0 Å². The molecule has 0 saturated heterocycles. The number of hydrogen-bond donors (Lipinski definition) is 2. The van der Waals surface area contributed by atoms with Crippen molar-refractivity contribution in [1.29, 1.82) is 0 Å². The van der Waals surface area contributed by atoms with Crippen LogP contribution in [-0.4, -0.2) is 50.8 Å². The van der Waals surface area contributed by atoms with Gasteiger partial charge in [-0.3, -0.25) is 0 Å². The van der Waals surface area contributed by atoms with E-state index in [9.17, 15) is 0 Å². The van der Waals surface area contributed by atoms with Crippen LogP contribution in [0.4, 0.5) is 0 Å². The summed E-state index contributed by atoms with van der Waals surface area (Å²) in [6, 6.07) is 21.0. The molecule has 0 radical (unpaired) electrons. The molecule has 2 rings (SSSR count). The zero-order valence-corrected chi connectivity index (χ0v) is 10.6. The van der Waals surface area contributed by atoms with Gasteiger partial charge in [0, 0.05) is 26.2 Å². The summed E-state index contributed by atoms with van der Waals surface area (Å²) in [4.78, 5) is 0. The molecule has 0 saturated carbocycles. The van der Waals surface area contributed by atoms with Gasteiger partial charge in [0.2, 0.25) is 0 Å². The van der Waals surface area contributed by atoms with Crippen LogP contribution in [0.5, 0.6) is 0 Å². The summed E-state index contributed by atoms with van der Waals surface area (Å²) < 4.78 is 0. The molecule has 2 aromatic carbocycles. The number of rotatable bonds is 7. The monoisotopic (exact) mass is 282 g/mol. The summed E-state index contributed by atoms with van der Waals surface area (Å²) in [5.74, 6) is 0. The second kappa shape index (κ2) is 10.4. The van der Waals surface area contributed by atoms with E-state index in [0.29, 0.717) is 0 Å². The fourth-order valence-electron chi connectivity index (χ4n) is 1.83. The fraction of sp³-hybridized carbons (Fsp3) is 0.250. The Kier molecular flexibility index (Phi) is 9.14. The Morgan fingerprint density at radius 2 is 0.947 bits per heavy atom. The summed E-state index contributed by atoms with van der Waals surface area (Å²) in [6.07, 6.45) is 0. The molecule has 0 heterocycles. The number of nitrogens with one attached hydrogen (secondary N) is 2. The van der Waals surface area contributed by atoms with E-state index in [0.717, 1.165) is 26.2 Å². The van der Waals surface area contributed by atoms with Crippen molar-refractivity contribution < 1.29 is 0 Å². The summed E-state index contributed by atoms with van der Waals surface area (Å²) in [5, 5.41) is 6.85. The van der Waals surface area contributed by atoms with Crippen molar-refractivity contribution in [2.75, 3.05) is 13.1 Å². The molecule has 0 atom stereocenters. The molecule has 3 heteroatoms. The van der Waals surface area contributed by atoms with E-state index < -0.39 is 0 Å². The predicted molar refractivity (Wildman–Crippen MR) is 84.8 cm³/mol. The van der Waals surface area contributed by atoms with Gasteiger partial charge >= 0.3 is 37.7 Å². The quantitative estimate of drug-likeness (QED) is 0.596. The zero-order valence-electron chi connectivity index (χ0n) is 10.6. The van der Waals surface area contributed by atoms with Crippen LogP contribution in [0.25, 0.3) is 0 Å². The van der Waals surface area contributed by atoms with Gasteiger partial charge in [-0.2, -0.15) is 0 Å². The third-order valence-corrected chi connectivity index (χ3v) is 2.82. The Bertz CT molecular complexity index is 388. The SMILES string of the molecule is [CaH2].c1ccc(CNCCNCc2ccccc2)cc1. The average Bonchev–Trinajstić information content (AvgIpc) is 2.45. The third kappa shape index (κ3) is 7.09. The third-order valence-electron chi connectivity index (χ3n) is 2.82. The minimum Gasteiger partial charge on any atom is -0.311 e. The van der Waals surface area contributed by atoms with Crippen molar-refractivity contribution in [2.24, 2.45) is 0 Å². The van der Waals surface area contributed by atoms with Crippen molar-refractivity contribution in [3.05, 3.63) is 71.8 Å². The molecule has 19 heavy (non-hydrogen) atoms. The normalized spacial score (nSPS) is 9.89. The molecular weight excluding hydrogens is 260 g/mol. The Labute approximate surface area is 145 Å². The first kappa shape index (κ1) is 16.7. The molecule has 0 aromatic heterocycles. The van der Waals surface area contributed by atoms with Crippen LogP contribution in [-0.2, 0) is 13.1 Å². The van der Waals surface area contributed by atoms with Gasteiger partial charge in [0.1, 0.15) is 0 Å². The van der Waals surface area contributed by atoms with Crippen LogP contribution in [0.1, 0.15) is 11.1 Å². The van der Waals surface area contributed by atoms with Crippen molar-refractivity contribution in [1.82, 2.24) is 10.6 Å². The van der Waals surface area contributed by atoms with E-state index in [1.54, 1.807) is 0 Å². The van der Waals surface area contributed by atoms with Gasteiger partial charge in [0.15, 0.2) is 0 Å². The molecule has 0 spiro atoms. The zero-order chi connectivity index (χ0) is 12.5. The Hall–Kier alpha value is -0.380. The first-order valence-electron chi connectivity index (χ1n) is 6.44. The predicted octanol–water partition coefficient (Wildman–Crippen LogP) is 1.65. The molecule has 2 N–H and O–H groups in total. The summed E-state index contributed by atoms with van der Waals surface area (Å²) in [5.41, 5.74) is 2.67. The molecule has 0 aliphatic rings. The second-order valence-corrected chi connectivity index (χ2v) is 4.32. The van der Waals surface area contributed by atoms with Crippen molar-refractivity contribution in [3.8, 4) is 0 Å². The molecular formula is C16H22CaN2. The van der Waals surface area contributed by atoms with Gasteiger partial charge < -0.3 is 10.6 Å². The van der Waals surface area contributed by atoms with Crippen LogP contribution >= 0.6 is 0 Å².